The van der Waals surface area contributed by atoms with Gasteiger partial charge in [0.05, 0.1) is 12.5 Å². The molecule has 29 heavy (non-hydrogen) atoms. The van der Waals surface area contributed by atoms with Crippen molar-refractivity contribution in [3.05, 3.63) is 90.0 Å². The number of hydrogen-bond donors (Lipinski definition) is 1. The van der Waals surface area contributed by atoms with Gasteiger partial charge in [-0.15, -0.1) is 0 Å². The Morgan fingerprint density at radius 1 is 0.862 bits per heavy atom. The van der Waals surface area contributed by atoms with E-state index in [9.17, 15) is 4.79 Å². The summed E-state index contributed by atoms with van der Waals surface area (Å²) in [6.45, 7) is 4.73. The van der Waals surface area contributed by atoms with Gasteiger partial charge in [0, 0.05) is 6.54 Å². The molecule has 0 unspecified atom stereocenters. The van der Waals surface area contributed by atoms with E-state index >= 15 is 0 Å². The third-order valence-corrected chi connectivity index (χ3v) is 4.66. The highest BCUT2D eigenvalue weighted by molar-refractivity contribution is 5.78. The third kappa shape index (κ3) is 6.79. The molecule has 0 atom stereocenters. The lowest BCUT2D eigenvalue weighted by Crippen LogP contribution is -2.26. The van der Waals surface area contributed by atoms with Crippen LogP contribution >= 0.6 is 0 Å². The highest BCUT2D eigenvalue weighted by Crippen LogP contribution is 2.19. The minimum absolute atomic E-state index is 0.0642. The molecule has 0 aliphatic heterocycles. The van der Waals surface area contributed by atoms with Gasteiger partial charge in [-0.3, -0.25) is 4.79 Å². The van der Waals surface area contributed by atoms with Crippen LogP contribution in [0.25, 0.3) is 11.1 Å². The summed E-state index contributed by atoms with van der Waals surface area (Å²) < 4.78 is 5.73. The number of benzene rings is 3. The smallest absolute Gasteiger partial charge is 0.224 e. The molecule has 3 aromatic carbocycles. The van der Waals surface area contributed by atoms with Gasteiger partial charge in [-0.1, -0.05) is 66.7 Å². The monoisotopic (exact) mass is 387 g/mol. The molecule has 0 spiro atoms. The van der Waals surface area contributed by atoms with Crippen molar-refractivity contribution in [3.8, 4) is 16.9 Å². The summed E-state index contributed by atoms with van der Waals surface area (Å²) in [5.41, 5.74) is 4.61. The Hall–Kier alpha value is -3.07. The Morgan fingerprint density at radius 2 is 1.59 bits per heavy atom. The van der Waals surface area contributed by atoms with Gasteiger partial charge >= 0.3 is 0 Å². The predicted molar refractivity (Wildman–Crippen MR) is 119 cm³/mol. The van der Waals surface area contributed by atoms with Crippen molar-refractivity contribution in [3.63, 3.8) is 0 Å². The van der Waals surface area contributed by atoms with Gasteiger partial charge in [-0.05, 0) is 61.1 Å². The van der Waals surface area contributed by atoms with Crippen molar-refractivity contribution in [2.24, 2.45) is 0 Å². The second kappa shape index (κ2) is 10.5. The van der Waals surface area contributed by atoms with Crippen molar-refractivity contribution >= 4 is 5.91 Å². The molecule has 3 rings (SSSR count). The van der Waals surface area contributed by atoms with E-state index in [-0.39, 0.29) is 12.0 Å². The Kier molecular flexibility index (Phi) is 7.46. The third-order valence-electron chi connectivity index (χ3n) is 4.66. The van der Waals surface area contributed by atoms with Crippen molar-refractivity contribution in [2.45, 2.75) is 39.2 Å². The summed E-state index contributed by atoms with van der Waals surface area (Å²) in [7, 11) is 0. The summed E-state index contributed by atoms with van der Waals surface area (Å²) in [4.78, 5) is 12.2. The SMILES string of the molecule is CC(C)Oc1cccc(CCCNC(=O)Cc2ccc(-c3ccccc3)cc2)c1. The molecule has 3 aromatic rings. The lowest BCUT2D eigenvalue weighted by Gasteiger charge is -2.11. The Morgan fingerprint density at radius 3 is 2.31 bits per heavy atom. The number of carbonyl (C=O) groups excluding carboxylic acids is 1. The molecule has 0 bridgehead atoms. The van der Waals surface area contributed by atoms with E-state index < -0.39 is 0 Å². The van der Waals surface area contributed by atoms with Gasteiger partial charge in [0.2, 0.25) is 5.91 Å². The van der Waals surface area contributed by atoms with E-state index in [1.807, 2.05) is 56.3 Å². The van der Waals surface area contributed by atoms with Crippen LogP contribution in [0, 0.1) is 0 Å². The zero-order valence-corrected chi connectivity index (χ0v) is 17.2. The Labute approximate surface area is 173 Å². The van der Waals surface area contributed by atoms with Crippen molar-refractivity contribution in [1.82, 2.24) is 5.32 Å². The van der Waals surface area contributed by atoms with Gasteiger partial charge in [-0.2, -0.15) is 0 Å². The topological polar surface area (TPSA) is 38.3 Å². The van der Waals surface area contributed by atoms with Gasteiger partial charge in [0.25, 0.3) is 0 Å². The van der Waals surface area contributed by atoms with Crippen LogP contribution in [0.4, 0.5) is 0 Å². The maximum Gasteiger partial charge on any atom is 0.224 e. The second-order valence-corrected chi connectivity index (χ2v) is 7.51. The van der Waals surface area contributed by atoms with Crippen molar-refractivity contribution in [2.75, 3.05) is 6.54 Å². The average Bonchev–Trinajstić information content (AvgIpc) is 2.72. The number of amides is 1. The number of carbonyl (C=O) groups is 1. The van der Waals surface area contributed by atoms with E-state index in [0.717, 1.165) is 24.2 Å². The van der Waals surface area contributed by atoms with E-state index in [1.54, 1.807) is 0 Å². The molecular weight excluding hydrogens is 358 g/mol. The first kappa shape index (κ1) is 20.7. The van der Waals surface area contributed by atoms with Crippen LogP contribution in [0.1, 0.15) is 31.4 Å². The molecule has 0 aliphatic carbocycles. The largest absolute Gasteiger partial charge is 0.491 e. The maximum atomic E-state index is 12.2. The molecule has 3 heteroatoms. The zero-order valence-electron chi connectivity index (χ0n) is 17.2. The number of hydrogen-bond acceptors (Lipinski definition) is 2. The minimum atomic E-state index is 0.0642. The minimum Gasteiger partial charge on any atom is -0.491 e. The maximum absolute atomic E-state index is 12.2. The van der Waals surface area contributed by atoms with E-state index in [4.69, 9.17) is 4.74 Å². The molecule has 1 N–H and O–H groups in total. The van der Waals surface area contributed by atoms with Gasteiger partial charge in [0.15, 0.2) is 0 Å². The number of aryl methyl sites for hydroxylation is 1. The number of ether oxygens (including phenoxy) is 1. The van der Waals surface area contributed by atoms with Crippen LogP contribution < -0.4 is 10.1 Å². The van der Waals surface area contributed by atoms with Crippen molar-refractivity contribution < 1.29 is 9.53 Å². The fraction of sp³-hybridized carbons (Fsp3) is 0.269. The molecule has 0 fully saturated rings. The van der Waals surface area contributed by atoms with Crippen LogP contribution in [0.5, 0.6) is 5.75 Å². The molecule has 3 nitrogen and oxygen atoms in total. The van der Waals surface area contributed by atoms with E-state index in [0.29, 0.717) is 13.0 Å². The zero-order chi connectivity index (χ0) is 20.5. The van der Waals surface area contributed by atoms with Crippen LogP contribution in [0.3, 0.4) is 0 Å². The molecule has 1 amide bonds. The summed E-state index contributed by atoms with van der Waals surface area (Å²) in [5, 5.41) is 3.02. The molecule has 0 heterocycles. The predicted octanol–water partition coefficient (Wildman–Crippen LogP) is 5.43. The molecule has 0 aliphatic rings. The summed E-state index contributed by atoms with van der Waals surface area (Å²) in [5.74, 6) is 0.967. The second-order valence-electron chi connectivity index (χ2n) is 7.51. The number of rotatable bonds is 9. The standard InChI is InChI=1S/C26H29NO2/c1-20(2)29-25-12-6-8-21(18-25)9-7-17-27-26(28)19-22-13-15-24(16-14-22)23-10-4-3-5-11-23/h3-6,8,10-16,18,20H,7,9,17,19H2,1-2H3,(H,27,28). The first-order chi connectivity index (χ1) is 14.1. The quantitative estimate of drug-likeness (QED) is 0.497. The molecular formula is C26H29NO2. The van der Waals surface area contributed by atoms with Gasteiger partial charge in [0.1, 0.15) is 5.75 Å². The van der Waals surface area contributed by atoms with Crippen molar-refractivity contribution in [1.29, 1.82) is 0 Å². The highest BCUT2D eigenvalue weighted by atomic mass is 16.5. The van der Waals surface area contributed by atoms with E-state index in [2.05, 4.69) is 41.7 Å². The molecule has 0 aromatic heterocycles. The fourth-order valence-corrected chi connectivity index (χ4v) is 3.26. The van der Waals surface area contributed by atoms with Gasteiger partial charge in [-0.25, -0.2) is 0 Å². The Bertz CT molecular complexity index is 902. The van der Waals surface area contributed by atoms with Crippen LogP contribution in [0.2, 0.25) is 0 Å². The van der Waals surface area contributed by atoms with Gasteiger partial charge < -0.3 is 10.1 Å². The molecule has 0 radical (unpaired) electrons. The first-order valence-electron chi connectivity index (χ1n) is 10.3. The normalized spacial score (nSPS) is 10.7. The lowest BCUT2D eigenvalue weighted by atomic mass is 10.0. The summed E-state index contributed by atoms with van der Waals surface area (Å²) in [6, 6.07) is 26.6. The molecule has 150 valence electrons. The van der Waals surface area contributed by atoms with Crippen LogP contribution in [-0.2, 0) is 17.6 Å². The average molecular weight is 388 g/mol. The lowest BCUT2D eigenvalue weighted by molar-refractivity contribution is -0.120. The fourth-order valence-electron chi connectivity index (χ4n) is 3.26. The summed E-state index contributed by atoms with van der Waals surface area (Å²) >= 11 is 0. The van der Waals surface area contributed by atoms with E-state index in [1.165, 1.54) is 16.7 Å². The first-order valence-corrected chi connectivity index (χ1v) is 10.3. The Balaban J connectivity index is 1.41. The molecule has 0 saturated heterocycles. The highest BCUT2D eigenvalue weighted by Gasteiger charge is 2.05. The summed E-state index contributed by atoms with van der Waals surface area (Å²) in [6.07, 6.45) is 2.41. The molecule has 0 saturated carbocycles. The van der Waals surface area contributed by atoms with Crippen LogP contribution in [0.15, 0.2) is 78.9 Å². The van der Waals surface area contributed by atoms with Crippen LogP contribution in [-0.4, -0.2) is 18.6 Å². The number of nitrogens with one attached hydrogen (secondary N) is 1.